The molecule has 106 valence electrons. The van der Waals surface area contributed by atoms with E-state index in [4.69, 9.17) is 5.11 Å². The Hall–Kier alpha value is -2.37. The highest BCUT2D eigenvalue weighted by atomic mass is 16.4. The van der Waals surface area contributed by atoms with Crippen LogP contribution < -0.4 is 5.32 Å². The summed E-state index contributed by atoms with van der Waals surface area (Å²) < 4.78 is 1.76. The van der Waals surface area contributed by atoms with E-state index in [0.29, 0.717) is 12.4 Å². The number of nitrogens with zero attached hydrogens (tertiary/aromatic N) is 3. The van der Waals surface area contributed by atoms with E-state index in [0.717, 1.165) is 24.2 Å². The van der Waals surface area contributed by atoms with Crippen molar-refractivity contribution in [1.82, 2.24) is 14.8 Å². The van der Waals surface area contributed by atoms with Gasteiger partial charge in [-0.1, -0.05) is 13.3 Å². The average molecular weight is 274 g/mol. The predicted molar refractivity (Wildman–Crippen MR) is 75.7 cm³/mol. The quantitative estimate of drug-likeness (QED) is 0.843. The van der Waals surface area contributed by atoms with Crippen molar-refractivity contribution in [3.05, 3.63) is 41.3 Å². The summed E-state index contributed by atoms with van der Waals surface area (Å²) in [6.45, 7) is 2.59. The molecule has 0 aliphatic carbocycles. The fourth-order valence-corrected chi connectivity index (χ4v) is 1.94. The molecule has 0 amide bonds. The molecule has 0 saturated carbocycles. The standard InChI is InChI=1S/C14H18N4O2/c1-3-4-11-7-10(14(19)20)8-13(17-11)15-9-12-5-6-16-18(12)2/h5-8H,3-4,9H2,1-2H3,(H,15,17)(H,19,20). The van der Waals surface area contributed by atoms with Gasteiger partial charge < -0.3 is 10.4 Å². The van der Waals surface area contributed by atoms with Crippen LogP contribution in [0.2, 0.25) is 0 Å². The lowest BCUT2D eigenvalue weighted by molar-refractivity contribution is 0.0696. The summed E-state index contributed by atoms with van der Waals surface area (Å²) in [6.07, 6.45) is 3.42. The number of anilines is 1. The summed E-state index contributed by atoms with van der Waals surface area (Å²) >= 11 is 0. The first kappa shape index (κ1) is 14.0. The molecule has 0 spiro atoms. The van der Waals surface area contributed by atoms with Gasteiger partial charge in [0.1, 0.15) is 5.82 Å². The summed E-state index contributed by atoms with van der Waals surface area (Å²) in [6, 6.07) is 5.08. The van der Waals surface area contributed by atoms with Crippen LogP contribution in [0.3, 0.4) is 0 Å². The highest BCUT2D eigenvalue weighted by Gasteiger charge is 2.08. The van der Waals surface area contributed by atoms with Crippen LogP contribution >= 0.6 is 0 Å². The maximum Gasteiger partial charge on any atom is 0.335 e. The van der Waals surface area contributed by atoms with Gasteiger partial charge in [-0.05, 0) is 24.6 Å². The van der Waals surface area contributed by atoms with Crippen LogP contribution in [-0.2, 0) is 20.0 Å². The van der Waals surface area contributed by atoms with Crippen molar-refractivity contribution in [3.8, 4) is 0 Å². The first-order chi connectivity index (χ1) is 9.60. The van der Waals surface area contributed by atoms with Gasteiger partial charge in [-0.2, -0.15) is 5.10 Å². The van der Waals surface area contributed by atoms with Gasteiger partial charge in [0, 0.05) is 18.9 Å². The van der Waals surface area contributed by atoms with Crippen molar-refractivity contribution in [2.24, 2.45) is 7.05 Å². The van der Waals surface area contributed by atoms with Crippen molar-refractivity contribution >= 4 is 11.8 Å². The van der Waals surface area contributed by atoms with E-state index in [2.05, 4.69) is 15.4 Å². The lowest BCUT2D eigenvalue weighted by Gasteiger charge is -2.09. The molecule has 20 heavy (non-hydrogen) atoms. The Morgan fingerprint density at radius 3 is 2.85 bits per heavy atom. The average Bonchev–Trinajstić information content (AvgIpc) is 2.82. The fraction of sp³-hybridized carbons (Fsp3) is 0.357. The molecule has 0 bridgehead atoms. The molecule has 0 fully saturated rings. The zero-order valence-electron chi connectivity index (χ0n) is 11.6. The van der Waals surface area contributed by atoms with E-state index >= 15 is 0 Å². The zero-order valence-corrected chi connectivity index (χ0v) is 11.6. The maximum absolute atomic E-state index is 11.1. The molecule has 0 aliphatic heterocycles. The van der Waals surface area contributed by atoms with E-state index < -0.39 is 5.97 Å². The molecule has 2 heterocycles. The number of carboxylic acids is 1. The molecule has 2 rings (SSSR count). The van der Waals surface area contributed by atoms with E-state index in [1.165, 1.54) is 0 Å². The largest absolute Gasteiger partial charge is 0.478 e. The van der Waals surface area contributed by atoms with Gasteiger partial charge in [0.2, 0.25) is 0 Å². The van der Waals surface area contributed by atoms with Crippen LogP contribution in [0, 0.1) is 0 Å². The number of aryl methyl sites for hydroxylation is 2. The molecular weight excluding hydrogens is 256 g/mol. The van der Waals surface area contributed by atoms with Crippen LogP contribution in [0.4, 0.5) is 5.82 Å². The SMILES string of the molecule is CCCc1cc(C(=O)O)cc(NCc2ccnn2C)n1. The molecule has 0 unspecified atom stereocenters. The third-order valence-corrected chi connectivity index (χ3v) is 3.00. The number of nitrogens with one attached hydrogen (secondary N) is 1. The van der Waals surface area contributed by atoms with Crippen molar-refractivity contribution in [3.63, 3.8) is 0 Å². The molecule has 6 nitrogen and oxygen atoms in total. The Kier molecular flexibility index (Phi) is 4.34. The smallest absolute Gasteiger partial charge is 0.335 e. The highest BCUT2D eigenvalue weighted by molar-refractivity contribution is 5.88. The number of hydrogen-bond acceptors (Lipinski definition) is 4. The van der Waals surface area contributed by atoms with E-state index in [9.17, 15) is 4.79 Å². The Morgan fingerprint density at radius 2 is 2.25 bits per heavy atom. The molecule has 6 heteroatoms. The Balaban J connectivity index is 2.17. The normalized spacial score (nSPS) is 10.5. The minimum Gasteiger partial charge on any atom is -0.478 e. The van der Waals surface area contributed by atoms with Crippen LogP contribution in [0.1, 0.15) is 35.1 Å². The number of carbonyl (C=O) groups is 1. The van der Waals surface area contributed by atoms with Gasteiger partial charge in [-0.3, -0.25) is 4.68 Å². The predicted octanol–water partition coefficient (Wildman–Crippen LogP) is 2.08. The minimum atomic E-state index is -0.937. The van der Waals surface area contributed by atoms with Crippen LogP contribution in [0.5, 0.6) is 0 Å². The lowest BCUT2D eigenvalue weighted by atomic mass is 10.1. The molecule has 0 aliphatic rings. The summed E-state index contributed by atoms with van der Waals surface area (Å²) in [5, 5.41) is 16.4. The van der Waals surface area contributed by atoms with Crippen molar-refractivity contribution in [2.45, 2.75) is 26.3 Å². The first-order valence-electron chi connectivity index (χ1n) is 6.55. The van der Waals surface area contributed by atoms with Gasteiger partial charge in [0.15, 0.2) is 0 Å². The number of carboxylic acid groups (broad SMARTS) is 1. The number of rotatable bonds is 6. The van der Waals surface area contributed by atoms with Gasteiger partial charge in [0.25, 0.3) is 0 Å². The second kappa shape index (κ2) is 6.18. The zero-order chi connectivity index (χ0) is 14.5. The van der Waals surface area contributed by atoms with Gasteiger partial charge in [-0.25, -0.2) is 9.78 Å². The number of pyridine rings is 1. The topological polar surface area (TPSA) is 80.0 Å². The van der Waals surface area contributed by atoms with E-state index in [1.807, 2.05) is 20.0 Å². The third-order valence-electron chi connectivity index (χ3n) is 3.00. The molecule has 2 aromatic rings. The Morgan fingerprint density at radius 1 is 1.45 bits per heavy atom. The van der Waals surface area contributed by atoms with Crippen LogP contribution in [0.15, 0.2) is 24.4 Å². The van der Waals surface area contributed by atoms with Crippen LogP contribution in [-0.4, -0.2) is 25.8 Å². The Bertz CT molecular complexity index is 607. The number of aromatic carboxylic acids is 1. The van der Waals surface area contributed by atoms with Gasteiger partial charge >= 0.3 is 5.97 Å². The lowest BCUT2D eigenvalue weighted by Crippen LogP contribution is -2.09. The third kappa shape index (κ3) is 3.34. The molecular formula is C14H18N4O2. The second-order valence-electron chi connectivity index (χ2n) is 4.59. The van der Waals surface area contributed by atoms with Crippen molar-refractivity contribution in [1.29, 1.82) is 0 Å². The van der Waals surface area contributed by atoms with Gasteiger partial charge in [-0.15, -0.1) is 0 Å². The highest BCUT2D eigenvalue weighted by Crippen LogP contribution is 2.13. The molecule has 0 atom stereocenters. The molecule has 0 saturated heterocycles. The second-order valence-corrected chi connectivity index (χ2v) is 4.59. The summed E-state index contributed by atoms with van der Waals surface area (Å²) in [5.74, 6) is -0.358. The Labute approximate surface area is 117 Å². The van der Waals surface area contributed by atoms with Crippen LogP contribution in [0.25, 0.3) is 0 Å². The number of hydrogen-bond donors (Lipinski definition) is 2. The molecule has 0 radical (unpaired) electrons. The fourth-order valence-electron chi connectivity index (χ4n) is 1.94. The van der Waals surface area contributed by atoms with Gasteiger partial charge in [0.05, 0.1) is 17.8 Å². The molecule has 0 aromatic carbocycles. The minimum absolute atomic E-state index is 0.260. The first-order valence-corrected chi connectivity index (χ1v) is 6.55. The monoisotopic (exact) mass is 274 g/mol. The summed E-state index contributed by atoms with van der Waals surface area (Å²) in [4.78, 5) is 15.6. The van der Waals surface area contributed by atoms with E-state index in [1.54, 1.807) is 23.0 Å². The number of aromatic nitrogens is 3. The summed E-state index contributed by atoms with van der Waals surface area (Å²) in [5.41, 5.74) is 2.06. The van der Waals surface area contributed by atoms with E-state index in [-0.39, 0.29) is 5.56 Å². The van der Waals surface area contributed by atoms with Crippen molar-refractivity contribution in [2.75, 3.05) is 5.32 Å². The van der Waals surface area contributed by atoms with Crippen molar-refractivity contribution < 1.29 is 9.90 Å². The maximum atomic E-state index is 11.1. The summed E-state index contributed by atoms with van der Waals surface area (Å²) in [7, 11) is 1.86. The molecule has 2 aromatic heterocycles. The molecule has 2 N–H and O–H groups in total.